The number of urea groups is 1. The van der Waals surface area contributed by atoms with Gasteiger partial charge in [0.25, 0.3) is 0 Å². The van der Waals surface area contributed by atoms with E-state index < -0.39 is 12.0 Å². The van der Waals surface area contributed by atoms with Crippen LogP contribution in [-0.2, 0) is 4.79 Å². The van der Waals surface area contributed by atoms with Crippen molar-refractivity contribution >= 4 is 23.8 Å². The predicted octanol–water partition coefficient (Wildman–Crippen LogP) is 0.250. The van der Waals surface area contributed by atoms with Gasteiger partial charge in [-0.05, 0) is 25.9 Å². The zero-order valence-corrected chi connectivity index (χ0v) is 11.3. The lowest BCUT2D eigenvalue weighted by atomic mass is 10.1. The molecule has 2 amide bonds. The van der Waals surface area contributed by atoms with Crippen LogP contribution in [0.25, 0.3) is 0 Å². The number of piperidine rings is 1. The second-order valence-corrected chi connectivity index (χ2v) is 5.70. The highest BCUT2D eigenvalue weighted by Gasteiger charge is 2.37. The number of hydrogen-bond acceptors (Lipinski definition) is 4. The van der Waals surface area contributed by atoms with Crippen molar-refractivity contribution < 1.29 is 14.7 Å². The molecule has 2 fully saturated rings. The number of carboxylic acids is 1. The molecule has 0 saturated carbocycles. The Labute approximate surface area is 111 Å². The maximum absolute atomic E-state index is 12.3. The zero-order valence-electron chi connectivity index (χ0n) is 10.5. The maximum atomic E-state index is 12.3. The lowest BCUT2D eigenvalue weighted by molar-refractivity contribution is -0.141. The number of nitrogens with one attached hydrogen (secondary N) is 1. The molecule has 2 aliphatic rings. The third kappa shape index (κ3) is 2.72. The minimum atomic E-state index is -0.910. The van der Waals surface area contributed by atoms with Crippen LogP contribution in [0.4, 0.5) is 4.79 Å². The Hall–Kier alpha value is -0.950. The fourth-order valence-corrected chi connectivity index (χ4v) is 3.53. The van der Waals surface area contributed by atoms with E-state index >= 15 is 0 Å². The molecule has 2 heterocycles. The first-order valence-corrected chi connectivity index (χ1v) is 7.31. The topological polar surface area (TPSA) is 72.9 Å². The standard InChI is InChI=1S/C11H19N3O3S/c1-13(8-2-4-12-5-3-8)11(17)14-7-18-6-9(14)10(15)16/h8-9,12H,2-7H2,1H3,(H,15,16)/t9-/m0/s1. The highest BCUT2D eigenvalue weighted by Crippen LogP contribution is 2.23. The van der Waals surface area contributed by atoms with Crippen molar-refractivity contribution in [2.24, 2.45) is 0 Å². The molecule has 0 unspecified atom stereocenters. The van der Waals surface area contributed by atoms with E-state index in [4.69, 9.17) is 5.11 Å². The van der Waals surface area contributed by atoms with Crippen LogP contribution in [0.3, 0.4) is 0 Å². The average Bonchev–Trinajstić information content (AvgIpc) is 2.87. The Bertz CT molecular complexity index is 333. The van der Waals surface area contributed by atoms with Crippen LogP contribution in [0.15, 0.2) is 0 Å². The highest BCUT2D eigenvalue weighted by atomic mass is 32.2. The maximum Gasteiger partial charge on any atom is 0.327 e. The van der Waals surface area contributed by atoms with Crippen LogP contribution in [0.5, 0.6) is 0 Å². The number of carbonyl (C=O) groups is 2. The summed E-state index contributed by atoms with van der Waals surface area (Å²) in [6, 6.07) is -0.607. The molecule has 0 aromatic heterocycles. The van der Waals surface area contributed by atoms with Gasteiger partial charge in [-0.1, -0.05) is 0 Å². The minimum Gasteiger partial charge on any atom is -0.480 e. The second kappa shape index (κ2) is 5.79. The third-order valence-corrected chi connectivity index (χ3v) is 4.58. The van der Waals surface area contributed by atoms with Gasteiger partial charge < -0.3 is 20.2 Å². The van der Waals surface area contributed by atoms with Gasteiger partial charge in [0.1, 0.15) is 6.04 Å². The smallest absolute Gasteiger partial charge is 0.327 e. The van der Waals surface area contributed by atoms with Crippen LogP contribution >= 0.6 is 11.8 Å². The summed E-state index contributed by atoms with van der Waals surface area (Å²) in [5, 5.41) is 12.3. The lowest BCUT2D eigenvalue weighted by Gasteiger charge is -2.35. The number of rotatable bonds is 2. The summed E-state index contributed by atoms with van der Waals surface area (Å²) in [5.74, 6) is 0.0544. The van der Waals surface area contributed by atoms with Crippen molar-refractivity contribution in [1.82, 2.24) is 15.1 Å². The van der Waals surface area contributed by atoms with Crippen LogP contribution in [0.2, 0.25) is 0 Å². The Balaban J connectivity index is 1.99. The molecule has 18 heavy (non-hydrogen) atoms. The zero-order chi connectivity index (χ0) is 13.1. The summed E-state index contributed by atoms with van der Waals surface area (Å²) in [4.78, 5) is 26.6. The van der Waals surface area contributed by atoms with Crippen molar-refractivity contribution in [2.45, 2.75) is 24.9 Å². The van der Waals surface area contributed by atoms with E-state index in [0.29, 0.717) is 11.6 Å². The second-order valence-electron chi connectivity index (χ2n) is 4.70. The van der Waals surface area contributed by atoms with Gasteiger partial charge in [-0.2, -0.15) is 0 Å². The summed E-state index contributed by atoms with van der Waals surface area (Å²) in [6.45, 7) is 1.83. The summed E-state index contributed by atoms with van der Waals surface area (Å²) >= 11 is 1.50. The number of carboxylic acid groups (broad SMARTS) is 1. The first-order chi connectivity index (χ1) is 8.61. The third-order valence-electron chi connectivity index (χ3n) is 3.57. The van der Waals surface area contributed by atoms with Crippen molar-refractivity contribution in [3.63, 3.8) is 0 Å². The summed E-state index contributed by atoms with van der Waals surface area (Å²) in [7, 11) is 1.78. The predicted molar refractivity (Wildman–Crippen MR) is 69.6 cm³/mol. The van der Waals surface area contributed by atoms with Crippen molar-refractivity contribution in [3.05, 3.63) is 0 Å². The van der Waals surface area contributed by atoms with Crippen LogP contribution in [-0.4, -0.2) is 70.8 Å². The van der Waals surface area contributed by atoms with Gasteiger partial charge in [0.2, 0.25) is 0 Å². The molecular weight excluding hydrogens is 254 g/mol. The van der Waals surface area contributed by atoms with Crippen LogP contribution < -0.4 is 5.32 Å². The first kappa shape index (κ1) is 13.5. The summed E-state index contributed by atoms with van der Waals surface area (Å²) in [6.07, 6.45) is 1.86. The number of nitrogens with zero attached hydrogens (tertiary/aromatic N) is 2. The SMILES string of the molecule is CN(C(=O)N1CSC[C@H]1C(=O)O)C1CCNCC1. The number of thioether (sulfide) groups is 1. The molecule has 2 rings (SSSR count). The van der Waals surface area contributed by atoms with Crippen LogP contribution in [0.1, 0.15) is 12.8 Å². The molecule has 102 valence electrons. The van der Waals surface area contributed by atoms with Gasteiger partial charge in [0, 0.05) is 18.8 Å². The molecule has 7 heteroatoms. The van der Waals surface area contributed by atoms with E-state index in [1.165, 1.54) is 16.7 Å². The lowest BCUT2D eigenvalue weighted by Crippen LogP contribution is -2.52. The number of carbonyl (C=O) groups excluding carboxylic acids is 1. The molecule has 0 radical (unpaired) electrons. The number of aliphatic carboxylic acids is 1. The fourth-order valence-electron chi connectivity index (χ4n) is 2.39. The van der Waals surface area contributed by atoms with Crippen molar-refractivity contribution in [3.8, 4) is 0 Å². The molecule has 0 aromatic carbocycles. The number of hydrogen-bond donors (Lipinski definition) is 2. The van der Waals surface area contributed by atoms with E-state index in [-0.39, 0.29) is 12.1 Å². The molecule has 2 saturated heterocycles. The van der Waals surface area contributed by atoms with E-state index in [0.717, 1.165) is 25.9 Å². The molecule has 0 aliphatic carbocycles. The van der Waals surface area contributed by atoms with Gasteiger partial charge in [-0.25, -0.2) is 9.59 Å². The van der Waals surface area contributed by atoms with Gasteiger partial charge in [0.05, 0.1) is 5.88 Å². The Morgan fingerprint density at radius 1 is 1.39 bits per heavy atom. The van der Waals surface area contributed by atoms with Gasteiger partial charge in [0.15, 0.2) is 0 Å². The van der Waals surface area contributed by atoms with E-state index in [1.54, 1.807) is 11.9 Å². The minimum absolute atomic E-state index is 0.153. The Morgan fingerprint density at radius 2 is 2.06 bits per heavy atom. The number of amides is 2. The van der Waals surface area contributed by atoms with Gasteiger partial charge in [-0.3, -0.25) is 0 Å². The quantitative estimate of drug-likeness (QED) is 0.754. The molecule has 0 bridgehead atoms. The normalized spacial score (nSPS) is 25.2. The van der Waals surface area contributed by atoms with Crippen molar-refractivity contribution in [2.75, 3.05) is 31.8 Å². The Kier molecular flexibility index (Phi) is 4.34. The monoisotopic (exact) mass is 273 g/mol. The molecule has 1 atom stereocenters. The molecule has 0 aromatic rings. The Morgan fingerprint density at radius 3 is 2.67 bits per heavy atom. The molecule has 2 aliphatic heterocycles. The van der Waals surface area contributed by atoms with Crippen molar-refractivity contribution in [1.29, 1.82) is 0 Å². The summed E-state index contributed by atoms with van der Waals surface area (Å²) in [5.41, 5.74) is 0. The fraction of sp³-hybridized carbons (Fsp3) is 0.818. The highest BCUT2D eigenvalue weighted by molar-refractivity contribution is 7.99. The average molecular weight is 273 g/mol. The van der Waals surface area contributed by atoms with Gasteiger partial charge >= 0.3 is 12.0 Å². The van der Waals surface area contributed by atoms with Gasteiger partial charge in [-0.15, -0.1) is 11.8 Å². The molecular formula is C11H19N3O3S. The van der Waals surface area contributed by atoms with E-state index in [9.17, 15) is 9.59 Å². The van der Waals surface area contributed by atoms with E-state index in [2.05, 4.69) is 5.32 Å². The molecule has 6 nitrogen and oxygen atoms in total. The molecule has 2 N–H and O–H groups in total. The van der Waals surface area contributed by atoms with E-state index in [1.807, 2.05) is 0 Å². The van der Waals surface area contributed by atoms with Crippen LogP contribution in [0, 0.1) is 0 Å². The summed E-state index contributed by atoms with van der Waals surface area (Å²) < 4.78 is 0. The largest absolute Gasteiger partial charge is 0.480 e. The molecule has 0 spiro atoms. The first-order valence-electron chi connectivity index (χ1n) is 6.16.